The van der Waals surface area contributed by atoms with E-state index in [2.05, 4.69) is 10.4 Å². The van der Waals surface area contributed by atoms with Crippen molar-refractivity contribution in [1.29, 1.82) is 0 Å². The highest BCUT2D eigenvalue weighted by molar-refractivity contribution is 5.91. The number of carbonyl (C=O) groups excluding carboxylic acids is 1. The van der Waals surface area contributed by atoms with Crippen LogP contribution in [0, 0.1) is 20.2 Å². The highest BCUT2D eigenvalue weighted by Crippen LogP contribution is 2.30. The molecule has 0 atom stereocenters. The van der Waals surface area contributed by atoms with Crippen LogP contribution in [0.4, 0.5) is 17.1 Å². The number of benzene rings is 2. The number of rotatable bonds is 8. The maximum atomic E-state index is 12.2. The van der Waals surface area contributed by atoms with Crippen molar-refractivity contribution >= 4 is 23.0 Å². The Morgan fingerprint density at radius 1 is 1.03 bits per heavy atom. The second-order valence-corrected chi connectivity index (χ2v) is 5.95. The number of ether oxygens (including phenoxy) is 2. The van der Waals surface area contributed by atoms with Crippen LogP contribution in [0.25, 0.3) is 0 Å². The average molecular weight is 413 g/mol. The number of nitro benzene ring substituents is 1. The summed E-state index contributed by atoms with van der Waals surface area (Å²) in [5.41, 5.74) is -0.418. The van der Waals surface area contributed by atoms with Gasteiger partial charge in [-0.3, -0.25) is 29.7 Å². The number of aromatic nitrogens is 2. The maximum Gasteiger partial charge on any atom is 0.307 e. The van der Waals surface area contributed by atoms with E-state index in [0.29, 0.717) is 11.5 Å². The van der Waals surface area contributed by atoms with E-state index in [1.807, 2.05) is 0 Å². The van der Waals surface area contributed by atoms with Crippen molar-refractivity contribution in [3.63, 3.8) is 0 Å². The van der Waals surface area contributed by atoms with Crippen LogP contribution in [-0.2, 0) is 11.3 Å². The first kappa shape index (κ1) is 20.3. The molecule has 1 amide bonds. The van der Waals surface area contributed by atoms with Crippen molar-refractivity contribution in [3.8, 4) is 17.2 Å². The van der Waals surface area contributed by atoms with Gasteiger partial charge in [-0.05, 0) is 24.3 Å². The molecule has 0 radical (unpaired) electrons. The van der Waals surface area contributed by atoms with Gasteiger partial charge in [-0.1, -0.05) is 0 Å². The minimum Gasteiger partial charge on any atom is -0.497 e. The zero-order valence-electron chi connectivity index (χ0n) is 15.5. The molecule has 12 heteroatoms. The van der Waals surface area contributed by atoms with E-state index in [1.165, 1.54) is 25.3 Å². The van der Waals surface area contributed by atoms with Crippen molar-refractivity contribution in [2.75, 3.05) is 12.4 Å². The molecule has 2 aromatic carbocycles. The molecule has 1 heterocycles. The molecule has 0 aliphatic carbocycles. The molecular formula is C18H15N5O7. The van der Waals surface area contributed by atoms with Gasteiger partial charge in [0, 0.05) is 12.1 Å². The standard InChI is InChI=1S/C18H15N5O7/c1-29-15-2-4-16(5-3-15)30-17-7-12(6-13(8-17)22(25)26)20-18(24)11-21-10-14(9-19-21)23(27)28/h2-10H,11H2,1H3,(H,20,24). The molecule has 0 aliphatic rings. The number of nitrogens with one attached hydrogen (secondary N) is 1. The highest BCUT2D eigenvalue weighted by Gasteiger charge is 2.15. The lowest BCUT2D eigenvalue weighted by atomic mass is 10.2. The summed E-state index contributed by atoms with van der Waals surface area (Å²) < 4.78 is 11.8. The molecule has 0 fully saturated rings. The van der Waals surface area contributed by atoms with E-state index in [4.69, 9.17) is 9.47 Å². The molecule has 0 spiro atoms. The first-order valence-electron chi connectivity index (χ1n) is 8.42. The number of non-ortho nitro benzene ring substituents is 1. The van der Waals surface area contributed by atoms with E-state index < -0.39 is 15.8 Å². The molecule has 3 aromatic rings. The molecule has 1 N–H and O–H groups in total. The van der Waals surface area contributed by atoms with Crippen molar-refractivity contribution < 1.29 is 24.1 Å². The number of nitrogens with zero attached hydrogens (tertiary/aromatic N) is 4. The lowest BCUT2D eigenvalue weighted by molar-refractivity contribution is -0.385. The Bertz CT molecular complexity index is 1090. The summed E-state index contributed by atoms with van der Waals surface area (Å²) in [5, 5.41) is 28.1. The summed E-state index contributed by atoms with van der Waals surface area (Å²) in [6.07, 6.45) is 2.12. The van der Waals surface area contributed by atoms with E-state index in [0.717, 1.165) is 17.1 Å². The summed E-state index contributed by atoms with van der Waals surface area (Å²) in [7, 11) is 1.52. The minimum atomic E-state index is -0.634. The Morgan fingerprint density at radius 3 is 2.30 bits per heavy atom. The summed E-state index contributed by atoms with van der Waals surface area (Å²) in [5.74, 6) is 0.592. The third-order valence-corrected chi connectivity index (χ3v) is 3.82. The van der Waals surface area contributed by atoms with Crippen molar-refractivity contribution in [2.45, 2.75) is 6.54 Å². The quantitative estimate of drug-likeness (QED) is 0.437. The Hall–Kier alpha value is -4.48. The van der Waals surface area contributed by atoms with Crippen LogP contribution in [0.15, 0.2) is 54.9 Å². The van der Waals surface area contributed by atoms with E-state index in [-0.39, 0.29) is 29.4 Å². The second kappa shape index (κ2) is 8.68. The first-order chi connectivity index (χ1) is 14.3. The van der Waals surface area contributed by atoms with Gasteiger partial charge in [0.1, 0.15) is 36.2 Å². The normalized spacial score (nSPS) is 10.3. The molecule has 3 rings (SSSR count). The largest absolute Gasteiger partial charge is 0.497 e. The van der Waals surface area contributed by atoms with Crippen LogP contribution in [-0.4, -0.2) is 32.6 Å². The van der Waals surface area contributed by atoms with Gasteiger partial charge >= 0.3 is 5.69 Å². The summed E-state index contributed by atoms with van der Waals surface area (Å²) in [6.45, 7) is -0.314. The number of methoxy groups -OCH3 is 1. The van der Waals surface area contributed by atoms with Crippen molar-refractivity contribution in [1.82, 2.24) is 9.78 Å². The maximum absolute atomic E-state index is 12.2. The topological polar surface area (TPSA) is 152 Å². The van der Waals surface area contributed by atoms with Crippen LogP contribution in [0.1, 0.15) is 0 Å². The van der Waals surface area contributed by atoms with Crippen LogP contribution >= 0.6 is 0 Å². The number of nitro groups is 2. The third-order valence-electron chi connectivity index (χ3n) is 3.82. The molecule has 0 saturated heterocycles. The van der Waals surface area contributed by atoms with Crippen LogP contribution in [0.3, 0.4) is 0 Å². The molecule has 30 heavy (non-hydrogen) atoms. The molecule has 0 aliphatic heterocycles. The van der Waals surface area contributed by atoms with Gasteiger partial charge in [0.2, 0.25) is 5.91 Å². The van der Waals surface area contributed by atoms with Crippen LogP contribution in [0.2, 0.25) is 0 Å². The van der Waals surface area contributed by atoms with Crippen molar-refractivity contribution in [2.24, 2.45) is 0 Å². The fourth-order valence-electron chi connectivity index (χ4n) is 2.48. The first-order valence-corrected chi connectivity index (χ1v) is 8.42. The Kier molecular flexibility index (Phi) is 5.86. The van der Waals surface area contributed by atoms with Crippen molar-refractivity contribution in [3.05, 3.63) is 75.1 Å². The van der Waals surface area contributed by atoms with Gasteiger partial charge in [0.15, 0.2) is 0 Å². The summed E-state index contributed by atoms with van der Waals surface area (Å²) in [4.78, 5) is 32.9. The molecular weight excluding hydrogens is 398 g/mol. The van der Waals surface area contributed by atoms with Crippen LogP contribution in [0.5, 0.6) is 17.2 Å². The van der Waals surface area contributed by atoms with Gasteiger partial charge in [-0.2, -0.15) is 5.10 Å². The fraction of sp³-hybridized carbons (Fsp3) is 0.111. The van der Waals surface area contributed by atoms with Gasteiger partial charge in [0.25, 0.3) is 5.69 Å². The third kappa shape index (κ3) is 5.07. The summed E-state index contributed by atoms with van der Waals surface area (Å²) >= 11 is 0. The van der Waals surface area contributed by atoms with E-state index >= 15 is 0 Å². The molecule has 0 saturated carbocycles. The predicted octanol–water partition coefficient (Wildman–Crippen LogP) is 3.14. The Morgan fingerprint density at radius 2 is 1.70 bits per heavy atom. The van der Waals surface area contributed by atoms with Gasteiger partial charge in [-0.25, -0.2) is 0 Å². The molecule has 154 valence electrons. The molecule has 12 nitrogen and oxygen atoms in total. The number of carbonyl (C=O) groups is 1. The lowest BCUT2D eigenvalue weighted by Crippen LogP contribution is -2.19. The molecule has 0 unspecified atom stereocenters. The second-order valence-electron chi connectivity index (χ2n) is 5.95. The number of anilines is 1. The zero-order chi connectivity index (χ0) is 21.7. The molecule has 0 bridgehead atoms. The Balaban J connectivity index is 1.76. The van der Waals surface area contributed by atoms with Gasteiger partial charge in [-0.15, -0.1) is 0 Å². The summed E-state index contributed by atoms with van der Waals surface area (Å²) in [6, 6.07) is 10.4. The van der Waals surface area contributed by atoms with E-state index in [9.17, 15) is 25.0 Å². The predicted molar refractivity (Wildman–Crippen MR) is 104 cm³/mol. The lowest BCUT2D eigenvalue weighted by Gasteiger charge is -2.10. The number of hydrogen-bond acceptors (Lipinski definition) is 8. The minimum absolute atomic E-state index is 0.124. The number of hydrogen-bond donors (Lipinski definition) is 1. The average Bonchev–Trinajstić information content (AvgIpc) is 3.17. The van der Waals surface area contributed by atoms with E-state index in [1.54, 1.807) is 24.3 Å². The SMILES string of the molecule is COc1ccc(Oc2cc(NC(=O)Cn3cc([N+](=O)[O-])cn3)cc([N+](=O)[O-])c2)cc1. The highest BCUT2D eigenvalue weighted by atomic mass is 16.6. The molecule has 1 aromatic heterocycles. The zero-order valence-corrected chi connectivity index (χ0v) is 15.5. The fourth-order valence-corrected chi connectivity index (χ4v) is 2.48. The Labute approximate surface area is 168 Å². The number of amides is 1. The monoisotopic (exact) mass is 413 g/mol. The van der Waals surface area contributed by atoms with Gasteiger partial charge in [0.05, 0.1) is 28.7 Å². The smallest absolute Gasteiger partial charge is 0.307 e. The van der Waals surface area contributed by atoms with Crippen LogP contribution < -0.4 is 14.8 Å². The van der Waals surface area contributed by atoms with Gasteiger partial charge < -0.3 is 14.8 Å².